The second-order valence-electron chi connectivity index (χ2n) is 6.95. The normalized spacial score (nSPS) is 12.8. The van der Waals surface area contributed by atoms with Gasteiger partial charge in [-0.25, -0.2) is 9.59 Å². The molecule has 1 rings (SSSR count). The number of Topliss-reactive ketones (excluding diaryl/α,β-unsaturated/α-hetero) is 1. The third-order valence-corrected chi connectivity index (χ3v) is 3.34. The molecule has 1 amide bonds. The zero-order valence-corrected chi connectivity index (χ0v) is 15.2. The molecule has 1 aromatic carbocycles. The largest absolute Gasteiger partial charge is 0.467 e. The minimum Gasteiger partial charge on any atom is -0.467 e. The summed E-state index contributed by atoms with van der Waals surface area (Å²) < 4.78 is 38.0. The van der Waals surface area contributed by atoms with Crippen molar-refractivity contribution in [3.8, 4) is 0 Å². The lowest BCUT2D eigenvalue weighted by molar-refractivity contribution is -0.164. The fourth-order valence-electron chi connectivity index (χ4n) is 2.06. The van der Waals surface area contributed by atoms with Gasteiger partial charge >= 0.3 is 18.0 Å². The maximum absolute atomic E-state index is 14.5. The molecule has 0 spiro atoms. The molecular weight excluding hydrogens is 348 g/mol. The standard InChI is InChI=1S/C18H23F2NO5/c1-17(2,3)10-13(22)18(19,20)14(15(23)25-4)21-16(24)26-11-12-8-6-5-7-9-12/h5-9,14H,10-11H2,1-4H3,(H,21,24). The van der Waals surface area contributed by atoms with Crippen LogP contribution in [-0.4, -0.2) is 36.9 Å². The Bertz CT molecular complexity index is 641. The van der Waals surface area contributed by atoms with Gasteiger partial charge in [-0.1, -0.05) is 51.1 Å². The summed E-state index contributed by atoms with van der Waals surface area (Å²) in [6.45, 7) is 4.64. The number of alkyl carbamates (subject to hydrolysis) is 1. The maximum atomic E-state index is 14.5. The molecule has 6 nitrogen and oxygen atoms in total. The number of carbonyl (C=O) groups excluding carboxylic acids is 3. The van der Waals surface area contributed by atoms with E-state index in [-0.39, 0.29) is 6.61 Å². The lowest BCUT2D eigenvalue weighted by atomic mass is 9.86. The van der Waals surface area contributed by atoms with E-state index in [0.717, 1.165) is 7.11 Å². The van der Waals surface area contributed by atoms with E-state index in [0.29, 0.717) is 5.56 Å². The molecule has 8 heteroatoms. The summed E-state index contributed by atoms with van der Waals surface area (Å²) in [4.78, 5) is 35.5. The summed E-state index contributed by atoms with van der Waals surface area (Å²) in [7, 11) is 0.886. The Kier molecular flexibility index (Phi) is 7.23. The number of amides is 1. The van der Waals surface area contributed by atoms with E-state index in [4.69, 9.17) is 4.74 Å². The quantitative estimate of drug-likeness (QED) is 0.745. The van der Waals surface area contributed by atoms with Crippen LogP contribution in [0.5, 0.6) is 0 Å². The smallest absolute Gasteiger partial charge is 0.408 e. The van der Waals surface area contributed by atoms with E-state index in [1.165, 1.54) is 0 Å². The van der Waals surface area contributed by atoms with Crippen LogP contribution in [0.4, 0.5) is 13.6 Å². The van der Waals surface area contributed by atoms with Gasteiger partial charge in [0.2, 0.25) is 11.8 Å². The van der Waals surface area contributed by atoms with E-state index in [2.05, 4.69) is 4.74 Å². The van der Waals surface area contributed by atoms with Crippen molar-refractivity contribution in [3.05, 3.63) is 35.9 Å². The number of nitrogens with one attached hydrogen (secondary N) is 1. The van der Waals surface area contributed by atoms with Crippen LogP contribution in [0.3, 0.4) is 0 Å². The van der Waals surface area contributed by atoms with Crippen molar-refractivity contribution in [1.29, 1.82) is 0 Å². The third kappa shape index (κ3) is 6.42. The number of benzene rings is 1. The average molecular weight is 371 g/mol. The Morgan fingerprint density at radius 2 is 1.69 bits per heavy atom. The molecule has 0 heterocycles. The molecule has 0 aromatic heterocycles. The number of esters is 1. The molecule has 1 N–H and O–H groups in total. The molecular formula is C18H23F2NO5. The van der Waals surface area contributed by atoms with Crippen molar-refractivity contribution in [2.75, 3.05) is 7.11 Å². The van der Waals surface area contributed by atoms with Gasteiger partial charge in [-0.05, 0) is 11.0 Å². The van der Waals surface area contributed by atoms with Gasteiger partial charge in [0.15, 0.2) is 0 Å². The number of ether oxygens (including phenoxy) is 2. The first kappa shape index (κ1) is 21.5. The lowest BCUT2D eigenvalue weighted by Gasteiger charge is -2.27. The first-order valence-electron chi connectivity index (χ1n) is 7.93. The molecule has 1 atom stereocenters. The lowest BCUT2D eigenvalue weighted by Crippen LogP contribution is -2.57. The number of hydrogen-bond donors (Lipinski definition) is 1. The van der Waals surface area contributed by atoms with E-state index < -0.39 is 41.6 Å². The summed E-state index contributed by atoms with van der Waals surface area (Å²) in [6.07, 6.45) is -1.73. The van der Waals surface area contributed by atoms with Crippen LogP contribution in [0.15, 0.2) is 30.3 Å². The number of carbonyl (C=O) groups is 3. The van der Waals surface area contributed by atoms with Crippen LogP contribution in [0.2, 0.25) is 0 Å². The average Bonchev–Trinajstić information content (AvgIpc) is 2.56. The Labute approximate surface area is 150 Å². The van der Waals surface area contributed by atoms with Crippen LogP contribution >= 0.6 is 0 Å². The van der Waals surface area contributed by atoms with Crippen molar-refractivity contribution in [1.82, 2.24) is 5.32 Å². The first-order valence-corrected chi connectivity index (χ1v) is 7.93. The second-order valence-corrected chi connectivity index (χ2v) is 6.95. The van der Waals surface area contributed by atoms with Crippen LogP contribution in [0.25, 0.3) is 0 Å². The van der Waals surface area contributed by atoms with E-state index in [1.807, 2.05) is 0 Å². The summed E-state index contributed by atoms with van der Waals surface area (Å²) in [5.41, 5.74) is -0.0810. The van der Waals surface area contributed by atoms with Crippen molar-refractivity contribution < 1.29 is 32.6 Å². The third-order valence-electron chi connectivity index (χ3n) is 3.34. The van der Waals surface area contributed by atoms with Crippen molar-refractivity contribution >= 4 is 17.8 Å². The predicted octanol–water partition coefficient (Wildman–Crippen LogP) is 3.10. The predicted molar refractivity (Wildman–Crippen MR) is 89.6 cm³/mol. The Hall–Kier alpha value is -2.51. The molecule has 0 saturated heterocycles. The van der Waals surface area contributed by atoms with Gasteiger partial charge in [0.25, 0.3) is 0 Å². The fourth-order valence-corrected chi connectivity index (χ4v) is 2.06. The Balaban J connectivity index is 2.83. The minimum atomic E-state index is -4.13. The topological polar surface area (TPSA) is 81.7 Å². The summed E-state index contributed by atoms with van der Waals surface area (Å²) in [6, 6.07) is 6.07. The molecule has 1 unspecified atom stereocenters. The number of alkyl halides is 2. The molecule has 0 aliphatic heterocycles. The molecule has 26 heavy (non-hydrogen) atoms. The Morgan fingerprint density at radius 3 is 2.19 bits per heavy atom. The second kappa shape index (κ2) is 8.73. The summed E-state index contributed by atoms with van der Waals surface area (Å²) >= 11 is 0. The first-order chi connectivity index (χ1) is 12.0. The molecule has 144 valence electrons. The van der Waals surface area contributed by atoms with Crippen molar-refractivity contribution in [3.63, 3.8) is 0 Å². The fraction of sp³-hybridized carbons (Fsp3) is 0.500. The van der Waals surface area contributed by atoms with E-state index >= 15 is 0 Å². The van der Waals surface area contributed by atoms with Gasteiger partial charge in [-0.2, -0.15) is 8.78 Å². The highest BCUT2D eigenvalue weighted by Crippen LogP contribution is 2.29. The van der Waals surface area contributed by atoms with Gasteiger partial charge in [0.05, 0.1) is 7.11 Å². The molecule has 0 saturated carbocycles. The zero-order chi connectivity index (χ0) is 20.0. The van der Waals surface area contributed by atoms with E-state index in [9.17, 15) is 23.2 Å². The number of methoxy groups -OCH3 is 1. The van der Waals surface area contributed by atoms with Crippen molar-refractivity contribution in [2.24, 2.45) is 5.41 Å². The van der Waals surface area contributed by atoms with Crippen LogP contribution in [0, 0.1) is 5.41 Å². The summed E-state index contributed by atoms with van der Waals surface area (Å²) in [5, 5.41) is 1.74. The van der Waals surface area contributed by atoms with Gasteiger partial charge in [-0.3, -0.25) is 4.79 Å². The number of ketones is 1. The van der Waals surface area contributed by atoms with Gasteiger partial charge in [0, 0.05) is 6.42 Å². The van der Waals surface area contributed by atoms with Crippen LogP contribution in [-0.2, 0) is 25.7 Å². The number of rotatable bonds is 7. The molecule has 0 fully saturated rings. The van der Waals surface area contributed by atoms with Gasteiger partial charge < -0.3 is 14.8 Å². The summed E-state index contributed by atoms with van der Waals surface area (Å²) in [5.74, 6) is -7.04. The minimum absolute atomic E-state index is 0.178. The molecule has 0 bridgehead atoms. The number of halogens is 2. The molecule has 0 aliphatic carbocycles. The number of hydrogen-bond acceptors (Lipinski definition) is 5. The Morgan fingerprint density at radius 1 is 1.12 bits per heavy atom. The molecule has 0 aliphatic rings. The SMILES string of the molecule is COC(=O)C(NC(=O)OCc1ccccc1)C(F)(F)C(=O)CC(C)(C)C. The highest BCUT2D eigenvalue weighted by molar-refractivity contribution is 5.94. The maximum Gasteiger partial charge on any atom is 0.408 e. The van der Waals surface area contributed by atoms with Gasteiger partial charge in [0.1, 0.15) is 6.61 Å². The van der Waals surface area contributed by atoms with Crippen molar-refractivity contribution in [2.45, 2.75) is 45.8 Å². The van der Waals surface area contributed by atoms with Gasteiger partial charge in [-0.15, -0.1) is 0 Å². The molecule has 1 aromatic rings. The monoisotopic (exact) mass is 371 g/mol. The highest BCUT2D eigenvalue weighted by atomic mass is 19.3. The van der Waals surface area contributed by atoms with E-state index in [1.54, 1.807) is 56.4 Å². The highest BCUT2D eigenvalue weighted by Gasteiger charge is 2.53. The zero-order valence-electron chi connectivity index (χ0n) is 15.2. The molecule has 0 radical (unpaired) electrons. The van der Waals surface area contributed by atoms with Crippen LogP contribution in [0.1, 0.15) is 32.8 Å². The van der Waals surface area contributed by atoms with Crippen LogP contribution < -0.4 is 5.32 Å².